The van der Waals surface area contributed by atoms with Crippen LogP contribution in [0.5, 0.6) is 0 Å². The summed E-state index contributed by atoms with van der Waals surface area (Å²) in [5.74, 6) is 1.45. The van der Waals surface area contributed by atoms with Crippen LogP contribution in [-0.4, -0.2) is 37.3 Å². The maximum Gasteiger partial charge on any atom is 0.224 e. The normalized spacial score (nSPS) is 10.3. The summed E-state index contributed by atoms with van der Waals surface area (Å²) >= 11 is 3.42. The minimum atomic E-state index is 0.620. The van der Waals surface area contributed by atoms with Gasteiger partial charge in [0.05, 0.1) is 4.47 Å². The maximum atomic E-state index is 5.00. The Hall–Kier alpha value is -0.880. The number of rotatable bonds is 8. The fraction of sp³-hybridized carbons (Fsp3) is 0.636. The molecule has 0 spiro atoms. The molecule has 6 heteroatoms. The van der Waals surface area contributed by atoms with E-state index >= 15 is 0 Å². The molecule has 0 aliphatic rings. The summed E-state index contributed by atoms with van der Waals surface area (Å²) in [6.45, 7) is 1.74. The predicted molar refractivity (Wildman–Crippen MR) is 73.5 cm³/mol. The minimum absolute atomic E-state index is 0.620. The standard InChI is InChI=1S/C11H19BrN4O/c1-13-11-15-8-9(12)10(16-11)14-6-4-3-5-7-17-2/h8H,3-7H2,1-2H3,(H2,13,14,15,16). The lowest BCUT2D eigenvalue weighted by Crippen LogP contribution is -2.06. The number of halogens is 1. The first kappa shape index (κ1) is 14.2. The van der Waals surface area contributed by atoms with Gasteiger partial charge in [0.2, 0.25) is 5.95 Å². The third kappa shape index (κ3) is 5.32. The minimum Gasteiger partial charge on any atom is -0.385 e. The Morgan fingerprint density at radius 3 is 2.88 bits per heavy atom. The molecule has 0 saturated carbocycles. The SMILES string of the molecule is CNc1ncc(Br)c(NCCCCCOC)n1. The summed E-state index contributed by atoms with van der Waals surface area (Å²) in [6, 6.07) is 0. The number of aromatic nitrogens is 2. The molecule has 0 fully saturated rings. The molecule has 1 aromatic heterocycles. The molecule has 96 valence electrons. The van der Waals surface area contributed by atoms with Gasteiger partial charge in [-0.3, -0.25) is 0 Å². The number of nitrogens with zero attached hydrogens (tertiary/aromatic N) is 2. The zero-order valence-corrected chi connectivity index (χ0v) is 11.9. The van der Waals surface area contributed by atoms with Gasteiger partial charge in [-0.25, -0.2) is 4.98 Å². The van der Waals surface area contributed by atoms with E-state index in [0.717, 1.165) is 42.7 Å². The smallest absolute Gasteiger partial charge is 0.224 e. The molecule has 2 N–H and O–H groups in total. The molecule has 0 bridgehead atoms. The molecule has 1 heterocycles. The lowest BCUT2D eigenvalue weighted by molar-refractivity contribution is 0.192. The second kappa shape index (κ2) is 8.25. The summed E-state index contributed by atoms with van der Waals surface area (Å²) in [7, 11) is 3.54. The van der Waals surface area contributed by atoms with Crippen LogP contribution in [0.15, 0.2) is 10.7 Å². The monoisotopic (exact) mass is 302 g/mol. The zero-order valence-electron chi connectivity index (χ0n) is 10.3. The van der Waals surface area contributed by atoms with Crippen molar-refractivity contribution >= 4 is 27.7 Å². The van der Waals surface area contributed by atoms with Gasteiger partial charge in [0.1, 0.15) is 5.82 Å². The number of nitrogens with one attached hydrogen (secondary N) is 2. The van der Waals surface area contributed by atoms with E-state index in [1.807, 2.05) is 0 Å². The average molecular weight is 303 g/mol. The molecule has 0 aromatic carbocycles. The summed E-state index contributed by atoms with van der Waals surface area (Å²) < 4.78 is 5.88. The van der Waals surface area contributed by atoms with E-state index in [-0.39, 0.29) is 0 Å². The van der Waals surface area contributed by atoms with Gasteiger partial charge in [0.25, 0.3) is 0 Å². The molecule has 1 aromatic rings. The quantitative estimate of drug-likeness (QED) is 0.723. The maximum absolute atomic E-state index is 5.00. The van der Waals surface area contributed by atoms with Crippen LogP contribution in [0.25, 0.3) is 0 Å². The van der Waals surface area contributed by atoms with Gasteiger partial charge in [-0.05, 0) is 35.2 Å². The van der Waals surface area contributed by atoms with Crippen molar-refractivity contribution in [2.24, 2.45) is 0 Å². The van der Waals surface area contributed by atoms with Crippen molar-refractivity contribution in [3.05, 3.63) is 10.7 Å². The van der Waals surface area contributed by atoms with E-state index in [0.29, 0.717) is 5.95 Å². The van der Waals surface area contributed by atoms with Gasteiger partial charge in [0.15, 0.2) is 0 Å². The first-order valence-electron chi connectivity index (χ1n) is 5.71. The number of anilines is 2. The van der Waals surface area contributed by atoms with Crippen LogP contribution in [0.2, 0.25) is 0 Å². The van der Waals surface area contributed by atoms with E-state index in [4.69, 9.17) is 4.74 Å². The van der Waals surface area contributed by atoms with Crippen molar-refractivity contribution < 1.29 is 4.74 Å². The van der Waals surface area contributed by atoms with Crippen molar-refractivity contribution in [2.75, 3.05) is 37.9 Å². The molecule has 0 radical (unpaired) electrons. The molecule has 0 aliphatic heterocycles. The van der Waals surface area contributed by atoms with Crippen LogP contribution in [0.4, 0.5) is 11.8 Å². The number of unbranched alkanes of at least 4 members (excludes halogenated alkanes) is 2. The van der Waals surface area contributed by atoms with Crippen LogP contribution >= 0.6 is 15.9 Å². The Labute approximate surface area is 111 Å². The van der Waals surface area contributed by atoms with E-state index in [1.54, 1.807) is 20.4 Å². The number of hydrogen-bond acceptors (Lipinski definition) is 5. The summed E-state index contributed by atoms with van der Waals surface area (Å²) in [5.41, 5.74) is 0. The fourth-order valence-corrected chi connectivity index (χ4v) is 1.70. The van der Waals surface area contributed by atoms with Gasteiger partial charge < -0.3 is 15.4 Å². The molecule has 0 unspecified atom stereocenters. The summed E-state index contributed by atoms with van der Waals surface area (Å²) in [6.07, 6.45) is 5.11. The van der Waals surface area contributed by atoms with Crippen molar-refractivity contribution in [1.29, 1.82) is 0 Å². The van der Waals surface area contributed by atoms with Crippen LogP contribution in [-0.2, 0) is 4.74 Å². The molecule has 17 heavy (non-hydrogen) atoms. The van der Waals surface area contributed by atoms with Gasteiger partial charge in [0, 0.05) is 33.5 Å². The second-order valence-corrected chi connectivity index (χ2v) is 4.47. The third-order valence-corrected chi connectivity index (χ3v) is 2.87. The van der Waals surface area contributed by atoms with E-state index in [2.05, 4.69) is 36.5 Å². The predicted octanol–water partition coefficient (Wildman–Crippen LogP) is 2.51. The average Bonchev–Trinajstić information content (AvgIpc) is 2.35. The Morgan fingerprint density at radius 1 is 1.35 bits per heavy atom. The van der Waals surface area contributed by atoms with Gasteiger partial charge >= 0.3 is 0 Å². The van der Waals surface area contributed by atoms with Gasteiger partial charge in [-0.1, -0.05) is 0 Å². The lowest BCUT2D eigenvalue weighted by Gasteiger charge is -2.08. The highest BCUT2D eigenvalue weighted by Gasteiger charge is 2.02. The molecule has 0 aliphatic carbocycles. The molecule has 0 saturated heterocycles. The van der Waals surface area contributed by atoms with E-state index < -0.39 is 0 Å². The lowest BCUT2D eigenvalue weighted by atomic mass is 10.2. The largest absolute Gasteiger partial charge is 0.385 e. The van der Waals surface area contributed by atoms with Crippen molar-refractivity contribution in [3.8, 4) is 0 Å². The topological polar surface area (TPSA) is 59.1 Å². The number of methoxy groups -OCH3 is 1. The third-order valence-electron chi connectivity index (χ3n) is 2.29. The Kier molecular flexibility index (Phi) is 6.88. The van der Waals surface area contributed by atoms with Gasteiger partial charge in [-0.15, -0.1) is 0 Å². The van der Waals surface area contributed by atoms with Crippen LogP contribution in [0, 0.1) is 0 Å². The Morgan fingerprint density at radius 2 is 2.18 bits per heavy atom. The van der Waals surface area contributed by atoms with Crippen molar-refractivity contribution in [2.45, 2.75) is 19.3 Å². The summed E-state index contributed by atoms with van der Waals surface area (Å²) in [5, 5.41) is 6.20. The number of ether oxygens (including phenoxy) is 1. The first-order valence-corrected chi connectivity index (χ1v) is 6.50. The van der Waals surface area contributed by atoms with Crippen LogP contribution in [0.1, 0.15) is 19.3 Å². The summed E-state index contributed by atoms with van der Waals surface area (Å²) in [4.78, 5) is 8.42. The molecule has 5 nitrogen and oxygen atoms in total. The number of hydrogen-bond donors (Lipinski definition) is 2. The van der Waals surface area contributed by atoms with Crippen LogP contribution in [0.3, 0.4) is 0 Å². The highest BCUT2D eigenvalue weighted by Crippen LogP contribution is 2.19. The highest BCUT2D eigenvalue weighted by atomic mass is 79.9. The molecule has 0 atom stereocenters. The second-order valence-electron chi connectivity index (χ2n) is 3.62. The van der Waals surface area contributed by atoms with Crippen molar-refractivity contribution in [1.82, 2.24) is 9.97 Å². The van der Waals surface area contributed by atoms with E-state index in [1.165, 1.54) is 0 Å². The Bertz CT molecular complexity index is 335. The first-order chi connectivity index (χ1) is 8.27. The molecule has 0 amide bonds. The van der Waals surface area contributed by atoms with Gasteiger partial charge in [-0.2, -0.15) is 4.98 Å². The fourth-order valence-electron chi connectivity index (χ4n) is 1.37. The molecular weight excluding hydrogens is 284 g/mol. The highest BCUT2D eigenvalue weighted by molar-refractivity contribution is 9.10. The zero-order chi connectivity index (χ0) is 12.5. The van der Waals surface area contributed by atoms with Crippen LogP contribution < -0.4 is 10.6 Å². The van der Waals surface area contributed by atoms with Crippen molar-refractivity contribution in [3.63, 3.8) is 0 Å². The Balaban J connectivity index is 2.30. The van der Waals surface area contributed by atoms with E-state index in [9.17, 15) is 0 Å². The molecule has 1 rings (SSSR count). The molecular formula is C11H19BrN4O.